The maximum absolute atomic E-state index is 7.14. The molecule has 0 amide bonds. The van der Waals surface area contributed by atoms with Gasteiger partial charge in [-0.15, -0.1) is 0 Å². The highest BCUT2D eigenvalue weighted by atomic mass is 35.5. The van der Waals surface area contributed by atoms with Gasteiger partial charge in [-0.25, -0.2) is 4.99 Å². The zero-order valence-corrected chi connectivity index (χ0v) is 9.17. The van der Waals surface area contributed by atoms with Crippen LogP contribution in [0.15, 0.2) is 40.4 Å². The van der Waals surface area contributed by atoms with Crippen molar-refractivity contribution in [3.8, 4) is 0 Å². The minimum Gasteiger partial charge on any atom is -0.403 e. The maximum atomic E-state index is 7.14. The van der Waals surface area contributed by atoms with Gasteiger partial charge in [-0.3, -0.25) is 5.41 Å². The fourth-order valence-corrected chi connectivity index (χ4v) is 0.667. The molecule has 0 atom stereocenters. The molecule has 0 aromatic carbocycles. The van der Waals surface area contributed by atoms with Crippen molar-refractivity contribution in [2.24, 2.45) is 16.5 Å². The van der Waals surface area contributed by atoms with E-state index in [2.05, 4.69) is 16.9 Å². The number of nitrogens with two attached hydrogens (primary N) is 2. The second-order valence-corrected chi connectivity index (χ2v) is 2.90. The quantitative estimate of drug-likeness (QED) is 0.320. The first kappa shape index (κ1) is 13.2. The highest BCUT2D eigenvalue weighted by molar-refractivity contribution is 6.29. The van der Waals surface area contributed by atoms with E-state index in [4.69, 9.17) is 28.5 Å². The molecule has 0 bridgehead atoms. The molecule has 0 saturated carbocycles. The van der Waals surface area contributed by atoms with Crippen LogP contribution in [-0.2, 0) is 0 Å². The van der Waals surface area contributed by atoms with E-state index in [1.54, 1.807) is 13.0 Å². The fourth-order valence-electron chi connectivity index (χ4n) is 0.618. The Kier molecular flexibility index (Phi) is 5.89. The van der Waals surface area contributed by atoms with Crippen molar-refractivity contribution in [3.05, 3.63) is 35.4 Å². The van der Waals surface area contributed by atoms with Crippen LogP contribution in [0.25, 0.3) is 0 Å². The third kappa shape index (κ3) is 5.53. The molecule has 6 N–H and O–H groups in total. The van der Waals surface area contributed by atoms with Crippen LogP contribution in [0.2, 0.25) is 0 Å². The van der Waals surface area contributed by atoms with Crippen molar-refractivity contribution in [1.82, 2.24) is 5.32 Å². The molecule has 5 nitrogen and oxygen atoms in total. The Bertz CT molecular complexity index is 340. The normalized spacial score (nSPS) is 12.9. The molecule has 0 aromatic rings. The topological polar surface area (TPSA) is 100 Å². The predicted molar refractivity (Wildman–Crippen MR) is 64.6 cm³/mol. The van der Waals surface area contributed by atoms with E-state index in [0.29, 0.717) is 10.9 Å². The number of nitrogens with one attached hydrogen (secondary N) is 2. The zero-order chi connectivity index (χ0) is 11.8. The molecule has 0 aromatic heterocycles. The van der Waals surface area contributed by atoms with Gasteiger partial charge >= 0.3 is 0 Å². The minimum atomic E-state index is -0.177. The number of nitrogens with zero attached hydrogens (tertiary/aromatic N) is 1. The summed E-state index contributed by atoms with van der Waals surface area (Å²) in [7, 11) is 0. The lowest BCUT2D eigenvalue weighted by Gasteiger charge is -2.07. The number of hydrogen-bond donors (Lipinski definition) is 4. The van der Waals surface area contributed by atoms with E-state index in [1.165, 1.54) is 12.4 Å². The Morgan fingerprint density at radius 3 is 2.60 bits per heavy atom. The second kappa shape index (κ2) is 6.67. The average Bonchev–Trinajstić information content (AvgIpc) is 2.21. The van der Waals surface area contributed by atoms with Gasteiger partial charge < -0.3 is 16.8 Å². The molecule has 0 saturated heterocycles. The summed E-state index contributed by atoms with van der Waals surface area (Å²) in [5, 5.41) is 10.2. The minimum absolute atomic E-state index is 0.177. The van der Waals surface area contributed by atoms with Crippen molar-refractivity contribution in [2.75, 3.05) is 0 Å². The predicted octanol–water partition coefficient (Wildman–Crippen LogP) is 0.997. The summed E-state index contributed by atoms with van der Waals surface area (Å²) in [6.45, 7) is 5.40. The first-order chi connectivity index (χ1) is 7.01. The van der Waals surface area contributed by atoms with Crippen molar-refractivity contribution < 1.29 is 0 Å². The summed E-state index contributed by atoms with van der Waals surface area (Å²) in [4.78, 5) is 3.85. The van der Waals surface area contributed by atoms with Crippen molar-refractivity contribution >= 4 is 23.7 Å². The Balaban J connectivity index is 4.39. The maximum Gasteiger partial charge on any atom is 0.141 e. The summed E-state index contributed by atoms with van der Waals surface area (Å²) in [6, 6.07) is 0. The van der Waals surface area contributed by atoms with Gasteiger partial charge in [-0.05, 0) is 6.92 Å². The molecule has 0 aliphatic rings. The third-order valence-electron chi connectivity index (χ3n) is 1.33. The van der Waals surface area contributed by atoms with Crippen molar-refractivity contribution in [1.29, 1.82) is 5.41 Å². The number of halogens is 1. The van der Waals surface area contributed by atoms with E-state index < -0.39 is 0 Å². The van der Waals surface area contributed by atoms with Gasteiger partial charge in [0.15, 0.2) is 0 Å². The van der Waals surface area contributed by atoms with Gasteiger partial charge in [0.25, 0.3) is 0 Å². The van der Waals surface area contributed by atoms with Crippen LogP contribution in [0.4, 0.5) is 0 Å². The van der Waals surface area contributed by atoms with Gasteiger partial charge in [0.2, 0.25) is 0 Å². The Labute approximate surface area is 93.7 Å². The molecule has 0 aliphatic carbocycles. The number of amidine groups is 1. The molecular formula is C9H14ClN5. The molecule has 82 valence electrons. The first-order valence-electron chi connectivity index (χ1n) is 4.09. The molecule has 15 heavy (non-hydrogen) atoms. The highest BCUT2D eigenvalue weighted by Gasteiger charge is 1.99. The van der Waals surface area contributed by atoms with Crippen LogP contribution >= 0.6 is 11.6 Å². The van der Waals surface area contributed by atoms with Crippen LogP contribution in [0, 0.1) is 5.41 Å². The Morgan fingerprint density at radius 2 is 2.20 bits per heavy atom. The van der Waals surface area contributed by atoms with Gasteiger partial charge in [-0.2, -0.15) is 0 Å². The summed E-state index contributed by atoms with van der Waals surface area (Å²) < 4.78 is 0. The molecule has 0 unspecified atom stereocenters. The number of hydrogen-bond acceptors (Lipinski definition) is 4. The first-order valence-corrected chi connectivity index (χ1v) is 4.47. The molecule has 0 radical (unpaired) electrons. The van der Waals surface area contributed by atoms with E-state index >= 15 is 0 Å². The Hall–Kier alpha value is -1.75. The lowest BCUT2D eigenvalue weighted by atomic mass is 10.4. The van der Waals surface area contributed by atoms with Crippen molar-refractivity contribution in [3.63, 3.8) is 0 Å². The van der Waals surface area contributed by atoms with Crippen LogP contribution in [0.5, 0.6) is 0 Å². The van der Waals surface area contributed by atoms with E-state index in [1.807, 2.05) is 0 Å². The average molecular weight is 228 g/mol. The fraction of sp³-hybridized carbons (Fsp3) is 0.111. The molecule has 0 rings (SSSR count). The standard InChI is InChI=1S/C9H14ClN5/c1-3-8(10)14-5-6(2)15-7(4-11)9(12)13/h3-5,15H,2,11H2,1H3,(H3,12,13)/b7-4-,8-3-,14-5?. The van der Waals surface area contributed by atoms with Crippen molar-refractivity contribution in [2.45, 2.75) is 6.92 Å². The molecule has 0 fully saturated rings. The highest BCUT2D eigenvalue weighted by Crippen LogP contribution is 2.01. The molecule has 0 heterocycles. The largest absolute Gasteiger partial charge is 0.403 e. The van der Waals surface area contributed by atoms with Gasteiger partial charge in [0.1, 0.15) is 11.0 Å². The monoisotopic (exact) mass is 227 g/mol. The summed E-state index contributed by atoms with van der Waals surface area (Å²) >= 11 is 5.63. The van der Waals surface area contributed by atoms with E-state index in [0.717, 1.165) is 0 Å². The Morgan fingerprint density at radius 1 is 1.60 bits per heavy atom. The summed E-state index contributed by atoms with van der Waals surface area (Å²) in [5.74, 6) is -0.177. The van der Waals surface area contributed by atoms with Gasteiger partial charge in [0, 0.05) is 11.9 Å². The van der Waals surface area contributed by atoms with Crippen LogP contribution in [0.1, 0.15) is 6.92 Å². The SMILES string of the molecule is C=C(C=N/C(Cl)=C\C)N/C(=C\N)C(=N)N. The summed E-state index contributed by atoms with van der Waals surface area (Å²) in [5.41, 5.74) is 11.2. The molecule has 0 spiro atoms. The molecule has 6 heteroatoms. The van der Waals surface area contributed by atoms with E-state index in [-0.39, 0.29) is 11.5 Å². The van der Waals surface area contributed by atoms with Gasteiger partial charge in [0.05, 0.1) is 11.9 Å². The third-order valence-corrected chi connectivity index (χ3v) is 1.65. The molecule has 0 aliphatic heterocycles. The second-order valence-electron chi connectivity index (χ2n) is 2.51. The lowest BCUT2D eigenvalue weighted by molar-refractivity contribution is 1.07. The number of allylic oxidation sites excluding steroid dienone is 2. The molecular weight excluding hydrogens is 214 g/mol. The van der Waals surface area contributed by atoms with Crippen LogP contribution in [0.3, 0.4) is 0 Å². The smallest absolute Gasteiger partial charge is 0.141 e. The number of aliphatic imine (C=N–C) groups is 1. The van der Waals surface area contributed by atoms with Crippen LogP contribution < -0.4 is 16.8 Å². The zero-order valence-electron chi connectivity index (χ0n) is 8.42. The number of rotatable bonds is 5. The van der Waals surface area contributed by atoms with Gasteiger partial charge in [-0.1, -0.05) is 24.3 Å². The van der Waals surface area contributed by atoms with Crippen LogP contribution in [-0.4, -0.2) is 12.1 Å². The lowest BCUT2D eigenvalue weighted by Crippen LogP contribution is -2.26. The summed E-state index contributed by atoms with van der Waals surface area (Å²) in [6.07, 6.45) is 4.23. The van der Waals surface area contributed by atoms with E-state index in [9.17, 15) is 0 Å².